The van der Waals surface area contributed by atoms with Gasteiger partial charge < -0.3 is 4.74 Å². The predicted octanol–water partition coefficient (Wildman–Crippen LogP) is 3.31. The zero-order valence-electron chi connectivity index (χ0n) is 9.49. The number of carbonyl (C=O) groups excluding carboxylic acids is 1. The van der Waals surface area contributed by atoms with Crippen LogP contribution < -0.4 is 0 Å². The summed E-state index contributed by atoms with van der Waals surface area (Å²) in [5, 5.41) is 0. The first-order chi connectivity index (χ1) is 7.74. The van der Waals surface area contributed by atoms with Crippen LogP contribution in [-0.2, 0) is 9.53 Å². The molecule has 0 unspecified atom stereocenters. The Kier molecular flexibility index (Phi) is 2.91. The van der Waals surface area contributed by atoms with Gasteiger partial charge in [0.25, 0.3) is 0 Å². The van der Waals surface area contributed by atoms with Crippen molar-refractivity contribution in [2.45, 2.75) is 20.3 Å². The smallest absolute Gasteiger partial charge is 0.339 e. The van der Waals surface area contributed by atoms with Crippen molar-refractivity contribution < 1.29 is 9.53 Å². The summed E-state index contributed by atoms with van der Waals surface area (Å²) in [6.45, 7) is 3.83. The maximum absolute atomic E-state index is 11.5. The van der Waals surface area contributed by atoms with Crippen LogP contribution >= 0.6 is 0 Å². The Bertz CT molecular complexity index is 467. The molecule has 0 fully saturated rings. The summed E-state index contributed by atoms with van der Waals surface area (Å²) < 4.78 is 5.23. The molecule has 1 heterocycles. The van der Waals surface area contributed by atoms with Crippen molar-refractivity contribution >= 4 is 11.5 Å². The van der Waals surface area contributed by atoms with E-state index in [1.807, 2.05) is 43.3 Å². The molecule has 0 spiro atoms. The van der Waals surface area contributed by atoms with E-state index in [1.54, 1.807) is 6.92 Å². The van der Waals surface area contributed by atoms with Gasteiger partial charge in [-0.15, -0.1) is 0 Å². The van der Waals surface area contributed by atoms with E-state index < -0.39 is 0 Å². The van der Waals surface area contributed by atoms with E-state index in [0.717, 1.165) is 17.6 Å². The standard InChI is InChI=1S/C14H14O2/c1-3-7-12-13(10(2)14(15)16-12)11-8-5-4-6-9-11/h4-9H,3H2,1-2H3/b12-7-. The van der Waals surface area contributed by atoms with Crippen LogP contribution in [0.4, 0.5) is 0 Å². The second-order valence-corrected chi connectivity index (χ2v) is 3.73. The van der Waals surface area contributed by atoms with Crippen LogP contribution in [0.3, 0.4) is 0 Å². The molecule has 0 aromatic heterocycles. The lowest BCUT2D eigenvalue weighted by atomic mass is 10.0. The van der Waals surface area contributed by atoms with Gasteiger partial charge in [0.05, 0.1) is 0 Å². The first kappa shape index (κ1) is 10.7. The molecular formula is C14H14O2. The number of ether oxygens (including phenoxy) is 1. The Morgan fingerprint density at radius 1 is 1.25 bits per heavy atom. The minimum atomic E-state index is -0.237. The molecule has 0 amide bonds. The molecule has 1 aromatic rings. The summed E-state index contributed by atoms with van der Waals surface area (Å²) in [6.07, 6.45) is 2.79. The highest BCUT2D eigenvalue weighted by molar-refractivity contribution is 6.06. The quantitative estimate of drug-likeness (QED) is 0.706. The minimum absolute atomic E-state index is 0.237. The number of rotatable bonds is 2. The van der Waals surface area contributed by atoms with Crippen LogP contribution in [-0.4, -0.2) is 5.97 Å². The van der Waals surface area contributed by atoms with E-state index >= 15 is 0 Å². The molecule has 0 radical (unpaired) electrons. The maximum Gasteiger partial charge on any atom is 0.339 e. The van der Waals surface area contributed by atoms with Gasteiger partial charge >= 0.3 is 5.97 Å². The summed E-state index contributed by atoms with van der Waals surface area (Å²) in [5.41, 5.74) is 2.64. The fraction of sp³-hybridized carbons (Fsp3) is 0.214. The number of hydrogen-bond donors (Lipinski definition) is 0. The van der Waals surface area contributed by atoms with E-state index in [2.05, 4.69) is 0 Å². The normalized spacial score (nSPS) is 18.1. The lowest BCUT2D eigenvalue weighted by molar-refractivity contribution is -0.133. The fourth-order valence-electron chi connectivity index (χ4n) is 1.81. The summed E-state index contributed by atoms with van der Waals surface area (Å²) in [5.74, 6) is 0.453. The molecular weight excluding hydrogens is 200 g/mol. The molecule has 1 aliphatic heterocycles. The van der Waals surface area contributed by atoms with Crippen LogP contribution in [0.2, 0.25) is 0 Å². The number of cyclic esters (lactones) is 1. The van der Waals surface area contributed by atoms with Gasteiger partial charge in [-0.3, -0.25) is 0 Å². The monoisotopic (exact) mass is 214 g/mol. The summed E-state index contributed by atoms with van der Waals surface area (Å²) in [6, 6.07) is 9.86. The van der Waals surface area contributed by atoms with Crippen molar-refractivity contribution in [3.8, 4) is 0 Å². The van der Waals surface area contributed by atoms with Gasteiger partial charge in [-0.25, -0.2) is 4.79 Å². The number of hydrogen-bond acceptors (Lipinski definition) is 2. The zero-order valence-corrected chi connectivity index (χ0v) is 9.49. The van der Waals surface area contributed by atoms with E-state index in [1.165, 1.54) is 0 Å². The number of carbonyl (C=O) groups is 1. The third kappa shape index (κ3) is 1.78. The average molecular weight is 214 g/mol. The average Bonchev–Trinajstić information content (AvgIpc) is 2.57. The van der Waals surface area contributed by atoms with Crippen molar-refractivity contribution in [1.82, 2.24) is 0 Å². The first-order valence-electron chi connectivity index (χ1n) is 5.43. The highest BCUT2D eigenvalue weighted by Crippen LogP contribution is 2.34. The van der Waals surface area contributed by atoms with Crippen LogP contribution in [0, 0.1) is 0 Å². The highest BCUT2D eigenvalue weighted by Gasteiger charge is 2.26. The van der Waals surface area contributed by atoms with E-state index in [9.17, 15) is 4.79 Å². The third-order valence-corrected chi connectivity index (χ3v) is 2.58. The maximum atomic E-state index is 11.5. The topological polar surface area (TPSA) is 26.3 Å². The summed E-state index contributed by atoms with van der Waals surface area (Å²) >= 11 is 0. The van der Waals surface area contributed by atoms with Crippen molar-refractivity contribution in [2.75, 3.05) is 0 Å². The Morgan fingerprint density at radius 3 is 2.56 bits per heavy atom. The first-order valence-corrected chi connectivity index (χ1v) is 5.43. The van der Waals surface area contributed by atoms with Gasteiger partial charge in [0.2, 0.25) is 0 Å². The number of benzene rings is 1. The molecule has 16 heavy (non-hydrogen) atoms. The number of allylic oxidation sites excluding steroid dienone is 2. The van der Waals surface area contributed by atoms with Crippen LogP contribution in [0.1, 0.15) is 25.8 Å². The molecule has 0 saturated heterocycles. The van der Waals surface area contributed by atoms with Crippen LogP contribution in [0.15, 0.2) is 47.7 Å². The van der Waals surface area contributed by atoms with Gasteiger partial charge in [-0.1, -0.05) is 37.3 Å². The van der Waals surface area contributed by atoms with Crippen molar-refractivity contribution in [3.63, 3.8) is 0 Å². The Morgan fingerprint density at radius 2 is 1.94 bits per heavy atom. The van der Waals surface area contributed by atoms with Gasteiger partial charge in [0.1, 0.15) is 5.76 Å². The van der Waals surface area contributed by atoms with Crippen molar-refractivity contribution in [1.29, 1.82) is 0 Å². The lowest BCUT2D eigenvalue weighted by Gasteiger charge is -2.04. The molecule has 0 atom stereocenters. The minimum Gasteiger partial charge on any atom is -0.423 e. The Labute approximate surface area is 95.2 Å². The summed E-state index contributed by atoms with van der Waals surface area (Å²) in [7, 11) is 0. The lowest BCUT2D eigenvalue weighted by Crippen LogP contribution is -1.94. The SMILES string of the molecule is CC/C=C1\OC(=O)C(C)=C1c1ccccc1. The summed E-state index contributed by atoms with van der Waals surface area (Å²) in [4.78, 5) is 11.5. The molecule has 1 aromatic carbocycles. The van der Waals surface area contributed by atoms with E-state index in [-0.39, 0.29) is 5.97 Å². The van der Waals surface area contributed by atoms with Gasteiger partial charge in [-0.2, -0.15) is 0 Å². The molecule has 2 nitrogen and oxygen atoms in total. The van der Waals surface area contributed by atoms with Crippen molar-refractivity contribution in [3.05, 3.63) is 53.3 Å². The van der Waals surface area contributed by atoms with E-state index in [0.29, 0.717) is 11.3 Å². The highest BCUT2D eigenvalue weighted by atomic mass is 16.5. The molecule has 0 N–H and O–H groups in total. The van der Waals surface area contributed by atoms with Gasteiger partial charge in [0.15, 0.2) is 0 Å². The fourth-order valence-corrected chi connectivity index (χ4v) is 1.81. The van der Waals surface area contributed by atoms with Gasteiger partial charge in [0, 0.05) is 11.1 Å². The molecule has 82 valence electrons. The van der Waals surface area contributed by atoms with Gasteiger partial charge in [-0.05, 0) is 25.0 Å². The molecule has 1 aliphatic rings. The second kappa shape index (κ2) is 4.35. The molecule has 0 saturated carbocycles. The number of esters is 1. The second-order valence-electron chi connectivity index (χ2n) is 3.73. The Hall–Kier alpha value is -1.83. The molecule has 2 rings (SSSR count). The van der Waals surface area contributed by atoms with Crippen molar-refractivity contribution in [2.24, 2.45) is 0 Å². The molecule has 2 heteroatoms. The largest absolute Gasteiger partial charge is 0.423 e. The van der Waals surface area contributed by atoms with Crippen LogP contribution in [0.25, 0.3) is 5.57 Å². The molecule has 0 bridgehead atoms. The molecule has 0 aliphatic carbocycles. The Balaban J connectivity index is 2.52. The van der Waals surface area contributed by atoms with E-state index in [4.69, 9.17) is 4.74 Å². The van der Waals surface area contributed by atoms with Crippen LogP contribution in [0.5, 0.6) is 0 Å². The third-order valence-electron chi connectivity index (χ3n) is 2.58. The zero-order chi connectivity index (χ0) is 11.5. The predicted molar refractivity (Wildman–Crippen MR) is 63.5 cm³/mol.